The summed E-state index contributed by atoms with van der Waals surface area (Å²) in [5.41, 5.74) is -0.0518. The average Bonchev–Trinajstić information content (AvgIpc) is 2.49. The van der Waals surface area contributed by atoms with E-state index in [4.69, 9.17) is 0 Å². The van der Waals surface area contributed by atoms with E-state index >= 15 is 0 Å². The number of phenols is 1. The third-order valence-corrected chi connectivity index (χ3v) is 3.26. The molecule has 6 nitrogen and oxygen atoms in total. The van der Waals surface area contributed by atoms with Gasteiger partial charge in [0.15, 0.2) is 5.78 Å². The van der Waals surface area contributed by atoms with Crippen molar-refractivity contribution >= 4 is 17.3 Å². The van der Waals surface area contributed by atoms with Crippen LogP contribution in [0.2, 0.25) is 0 Å². The van der Waals surface area contributed by atoms with E-state index in [2.05, 4.69) is 0 Å². The predicted molar refractivity (Wildman–Crippen MR) is 79.0 cm³/mol. The molecule has 0 saturated carbocycles. The molecule has 0 spiro atoms. The Hall–Kier alpha value is -3.02. The van der Waals surface area contributed by atoms with Crippen molar-refractivity contribution in [3.63, 3.8) is 0 Å². The number of aromatic hydroxyl groups is 1. The Balaban J connectivity index is 2.54. The summed E-state index contributed by atoms with van der Waals surface area (Å²) >= 11 is 0. The summed E-state index contributed by atoms with van der Waals surface area (Å²) in [7, 11) is 0. The standard InChI is InChI=1S/C16H13NO5/c1-10(18)15(16(20)11-5-3-2-4-6-11)13-9-12(17(21)22)7-8-14(13)19/h2-9,15,19H,1H3. The SMILES string of the molecule is CC(=O)C(C(=O)c1ccccc1)c1cc([N+](=O)[O-])ccc1O. The number of ketones is 2. The molecule has 0 aliphatic rings. The fourth-order valence-electron chi connectivity index (χ4n) is 2.20. The van der Waals surface area contributed by atoms with Crippen molar-refractivity contribution in [3.8, 4) is 5.75 Å². The van der Waals surface area contributed by atoms with Crippen LogP contribution in [0.3, 0.4) is 0 Å². The molecule has 22 heavy (non-hydrogen) atoms. The van der Waals surface area contributed by atoms with Gasteiger partial charge < -0.3 is 5.11 Å². The molecular weight excluding hydrogens is 286 g/mol. The van der Waals surface area contributed by atoms with E-state index in [0.29, 0.717) is 5.56 Å². The fraction of sp³-hybridized carbons (Fsp3) is 0.125. The maximum absolute atomic E-state index is 12.5. The molecule has 1 atom stereocenters. The van der Waals surface area contributed by atoms with Crippen LogP contribution >= 0.6 is 0 Å². The molecule has 1 unspecified atom stereocenters. The first-order valence-corrected chi connectivity index (χ1v) is 6.49. The molecule has 0 fully saturated rings. The second kappa shape index (κ2) is 6.17. The molecule has 0 saturated heterocycles. The number of rotatable bonds is 5. The van der Waals surface area contributed by atoms with Crippen LogP contribution in [0.4, 0.5) is 5.69 Å². The Bertz CT molecular complexity index is 739. The lowest BCUT2D eigenvalue weighted by atomic mass is 9.87. The molecule has 2 rings (SSSR count). The van der Waals surface area contributed by atoms with Crippen molar-refractivity contribution in [2.75, 3.05) is 0 Å². The number of Topliss-reactive ketones (excluding diaryl/α,β-unsaturated/α-hetero) is 2. The lowest BCUT2D eigenvalue weighted by molar-refractivity contribution is -0.384. The molecule has 0 radical (unpaired) electrons. The lowest BCUT2D eigenvalue weighted by Crippen LogP contribution is -2.20. The minimum absolute atomic E-state index is 0.0597. The number of nitro benzene ring substituents is 1. The van der Waals surface area contributed by atoms with Gasteiger partial charge in [0.05, 0.1) is 4.92 Å². The minimum Gasteiger partial charge on any atom is -0.508 e. The lowest BCUT2D eigenvalue weighted by Gasteiger charge is -2.14. The van der Waals surface area contributed by atoms with Crippen LogP contribution in [0.1, 0.15) is 28.8 Å². The van der Waals surface area contributed by atoms with Crippen LogP contribution in [-0.4, -0.2) is 21.6 Å². The average molecular weight is 299 g/mol. The maximum atomic E-state index is 12.5. The Morgan fingerprint density at radius 1 is 1.14 bits per heavy atom. The van der Waals surface area contributed by atoms with Crippen molar-refractivity contribution in [1.29, 1.82) is 0 Å². The quantitative estimate of drug-likeness (QED) is 0.396. The zero-order valence-electron chi connectivity index (χ0n) is 11.7. The summed E-state index contributed by atoms with van der Waals surface area (Å²) in [5, 5.41) is 20.8. The first kappa shape index (κ1) is 15.4. The number of carbonyl (C=O) groups excluding carboxylic acids is 2. The van der Waals surface area contributed by atoms with Gasteiger partial charge in [0.1, 0.15) is 17.5 Å². The molecule has 2 aromatic carbocycles. The van der Waals surface area contributed by atoms with E-state index in [0.717, 1.165) is 18.2 Å². The van der Waals surface area contributed by atoms with E-state index in [1.165, 1.54) is 6.92 Å². The van der Waals surface area contributed by atoms with Gasteiger partial charge in [-0.2, -0.15) is 0 Å². The van der Waals surface area contributed by atoms with Gasteiger partial charge in [-0.25, -0.2) is 0 Å². The van der Waals surface area contributed by atoms with Crippen LogP contribution < -0.4 is 0 Å². The van der Waals surface area contributed by atoms with Gasteiger partial charge in [0.2, 0.25) is 0 Å². The summed E-state index contributed by atoms with van der Waals surface area (Å²) in [6.07, 6.45) is 0. The molecule has 0 aliphatic carbocycles. The highest BCUT2D eigenvalue weighted by atomic mass is 16.6. The summed E-state index contributed by atoms with van der Waals surface area (Å²) in [6, 6.07) is 11.4. The Morgan fingerprint density at radius 3 is 2.32 bits per heavy atom. The van der Waals surface area contributed by atoms with Crippen LogP contribution in [0.25, 0.3) is 0 Å². The molecule has 0 bridgehead atoms. The highest BCUT2D eigenvalue weighted by molar-refractivity contribution is 6.14. The largest absolute Gasteiger partial charge is 0.508 e. The molecule has 1 N–H and O–H groups in total. The van der Waals surface area contributed by atoms with Gasteiger partial charge in [-0.3, -0.25) is 19.7 Å². The van der Waals surface area contributed by atoms with Crippen molar-refractivity contribution < 1.29 is 19.6 Å². The predicted octanol–water partition coefficient (Wildman–Crippen LogP) is 2.86. The third-order valence-electron chi connectivity index (χ3n) is 3.26. The third kappa shape index (κ3) is 3.01. The topological polar surface area (TPSA) is 97.5 Å². The van der Waals surface area contributed by atoms with E-state index in [-0.39, 0.29) is 17.0 Å². The second-order valence-electron chi connectivity index (χ2n) is 4.77. The highest BCUT2D eigenvalue weighted by Crippen LogP contribution is 2.32. The zero-order chi connectivity index (χ0) is 16.3. The van der Waals surface area contributed by atoms with Gasteiger partial charge in [-0.15, -0.1) is 0 Å². The minimum atomic E-state index is -1.28. The van der Waals surface area contributed by atoms with E-state index in [9.17, 15) is 24.8 Å². The highest BCUT2D eigenvalue weighted by Gasteiger charge is 2.30. The molecule has 0 amide bonds. The maximum Gasteiger partial charge on any atom is 0.270 e. The number of hydrogen-bond acceptors (Lipinski definition) is 5. The van der Waals surface area contributed by atoms with Gasteiger partial charge in [0, 0.05) is 23.3 Å². The normalized spacial score (nSPS) is 11.7. The van der Waals surface area contributed by atoms with Crippen molar-refractivity contribution in [2.45, 2.75) is 12.8 Å². The van der Waals surface area contributed by atoms with Gasteiger partial charge in [-0.05, 0) is 13.0 Å². The molecule has 6 heteroatoms. The summed E-state index contributed by atoms with van der Waals surface area (Å²) in [5.74, 6) is -2.61. The number of non-ortho nitro benzene ring substituents is 1. The Kier molecular flexibility index (Phi) is 4.31. The van der Waals surface area contributed by atoms with Crippen LogP contribution in [0, 0.1) is 10.1 Å². The number of phenolic OH excluding ortho intramolecular Hbond substituents is 1. The number of carbonyl (C=O) groups is 2. The first-order valence-electron chi connectivity index (χ1n) is 6.49. The first-order chi connectivity index (χ1) is 10.4. The van der Waals surface area contributed by atoms with Gasteiger partial charge in [0.25, 0.3) is 5.69 Å². The van der Waals surface area contributed by atoms with Crippen molar-refractivity contribution in [2.24, 2.45) is 0 Å². The molecule has 2 aromatic rings. The fourth-order valence-corrected chi connectivity index (χ4v) is 2.20. The van der Waals surface area contributed by atoms with Crippen LogP contribution in [0.5, 0.6) is 5.75 Å². The Morgan fingerprint density at radius 2 is 1.77 bits per heavy atom. The number of benzene rings is 2. The number of nitrogens with zero attached hydrogens (tertiary/aromatic N) is 1. The Labute approximate surface area is 126 Å². The van der Waals surface area contributed by atoms with Crippen LogP contribution in [0.15, 0.2) is 48.5 Å². The smallest absolute Gasteiger partial charge is 0.270 e. The summed E-state index contributed by atoms with van der Waals surface area (Å²) in [4.78, 5) is 34.6. The summed E-state index contributed by atoms with van der Waals surface area (Å²) < 4.78 is 0. The van der Waals surface area contributed by atoms with Gasteiger partial charge in [-0.1, -0.05) is 30.3 Å². The second-order valence-corrected chi connectivity index (χ2v) is 4.77. The van der Waals surface area contributed by atoms with Crippen molar-refractivity contribution in [1.82, 2.24) is 0 Å². The number of hydrogen-bond donors (Lipinski definition) is 1. The zero-order valence-corrected chi connectivity index (χ0v) is 11.7. The number of nitro groups is 1. The molecule has 0 aliphatic heterocycles. The van der Waals surface area contributed by atoms with E-state index in [1.807, 2.05) is 0 Å². The van der Waals surface area contributed by atoms with E-state index < -0.39 is 22.4 Å². The monoisotopic (exact) mass is 299 g/mol. The van der Waals surface area contributed by atoms with Gasteiger partial charge >= 0.3 is 0 Å². The molecule has 0 heterocycles. The van der Waals surface area contributed by atoms with Crippen LogP contribution in [-0.2, 0) is 4.79 Å². The molecular formula is C16H13NO5. The van der Waals surface area contributed by atoms with Crippen molar-refractivity contribution in [3.05, 3.63) is 69.8 Å². The molecule has 112 valence electrons. The van der Waals surface area contributed by atoms with E-state index in [1.54, 1.807) is 30.3 Å². The summed E-state index contributed by atoms with van der Waals surface area (Å²) in [6.45, 7) is 1.21. The molecule has 0 aromatic heterocycles.